The van der Waals surface area contributed by atoms with E-state index in [1.807, 2.05) is 0 Å². The van der Waals surface area contributed by atoms with E-state index in [-0.39, 0.29) is 0 Å². The van der Waals surface area contributed by atoms with Crippen LogP contribution in [0.2, 0.25) is 0 Å². The lowest BCUT2D eigenvalue weighted by atomic mass is 10.3. The van der Waals surface area contributed by atoms with E-state index < -0.39 is 6.86 Å². The highest BCUT2D eigenvalue weighted by Crippen LogP contribution is 2.36. The van der Waals surface area contributed by atoms with Crippen LogP contribution in [0.5, 0.6) is 17.2 Å². The summed E-state index contributed by atoms with van der Waals surface area (Å²) in [6.07, 6.45) is 0. The summed E-state index contributed by atoms with van der Waals surface area (Å²) >= 11 is 2.07. The van der Waals surface area contributed by atoms with Gasteiger partial charge in [0, 0.05) is 6.07 Å². The minimum atomic E-state index is -0.856. The number of hydrogen-bond acceptors (Lipinski definition) is 3. The highest BCUT2D eigenvalue weighted by atomic mass is 127. The van der Waals surface area contributed by atoms with Crippen molar-refractivity contribution in [2.45, 2.75) is 0 Å². The van der Waals surface area contributed by atoms with Crippen molar-refractivity contribution in [1.82, 2.24) is 0 Å². The van der Waals surface area contributed by atoms with Crippen LogP contribution < -0.4 is 14.2 Å². The third-order valence-electron chi connectivity index (χ3n) is 1.63. The molecule has 0 saturated heterocycles. The Morgan fingerprint density at radius 2 is 2.00 bits per heavy atom. The van der Waals surface area contributed by atoms with E-state index in [4.69, 9.17) is 14.2 Å². The van der Waals surface area contributed by atoms with Gasteiger partial charge in [-0.25, -0.2) is 4.39 Å². The quantitative estimate of drug-likeness (QED) is 0.800. The van der Waals surface area contributed by atoms with Gasteiger partial charge in [-0.05, 0) is 28.7 Å². The van der Waals surface area contributed by atoms with Gasteiger partial charge in [0.2, 0.25) is 6.86 Å². The molecule has 0 radical (unpaired) electrons. The van der Waals surface area contributed by atoms with Crippen LogP contribution in [0.3, 0.4) is 0 Å². The number of methoxy groups -OCH3 is 2. The van der Waals surface area contributed by atoms with E-state index in [1.165, 1.54) is 7.11 Å². The zero-order valence-electron chi connectivity index (χ0n) is 7.84. The van der Waals surface area contributed by atoms with Crippen LogP contribution in [-0.4, -0.2) is 21.1 Å². The Bertz CT molecular complexity index is 317. The van der Waals surface area contributed by atoms with Crippen molar-refractivity contribution in [3.05, 3.63) is 15.7 Å². The van der Waals surface area contributed by atoms with Crippen LogP contribution in [0.4, 0.5) is 4.39 Å². The summed E-state index contributed by atoms with van der Waals surface area (Å²) in [6, 6.07) is 3.27. The van der Waals surface area contributed by atoms with Crippen LogP contribution in [0, 0.1) is 3.57 Å². The van der Waals surface area contributed by atoms with Gasteiger partial charge in [0.15, 0.2) is 11.5 Å². The first kappa shape index (κ1) is 11.4. The fourth-order valence-corrected chi connectivity index (χ4v) is 1.83. The van der Waals surface area contributed by atoms with Crippen LogP contribution in [0.1, 0.15) is 0 Å². The lowest BCUT2D eigenvalue weighted by Crippen LogP contribution is -1.96. The molecule has 0 unspecified atom stereocenters. The predicted molar refractivity (Wildman–Crippen MR) is 58.9 cm³/mol. The van der Waals surface area contributed by atoms with Gasteiger partial charge in [-0.1, -0.05) is 0 Å². The van der Waals surface area contributed by atoms with E-state index >= 15 is 0 Å². The fourth-order valence-electron chi connectivity index (χ4n) is 1.04. The van der Waals surface area contributed by atoms with Gasteiger partial charge in [-0.3, -0.25) is 0 Å². The summed E-state index contributed by atoms with van der Waals surface area (Å²) in [4.78, 5) is 0. The van der Waals surface area contributed by atoms with Gasteiger partial charge in [0.05, 0.1) is 17.8 Å². The highest BCUT2D eigenvalue weighted by Gasteiger charge is 2.10. The maximum Gasteiger partial charge on any atom is 0.228 e. The number of rotatable bonds is 4. The first-order valence-electron chi connectivity index (χ1n) is 3.83. The van der Waals surface area contributed by atoms with Crippen molar-refractivity contribution in [3.8, 4) is 17.2 Å². The second-order valence-electron chi connectivity index (χ2n) is 2.39. The molecule has 78 valence electrons. The lowest BCUT2D eigenvalue weighted by molar-refractivity contribution is 0.190. The molecule has 0 aliphatic rings. The normalized spacial score (nSPS) is 9.71. The molecule has 0 heterocycles. The average Bonchev–Trinajstić information content (AvgIpc) is 2.17. The maximum atomic E-state index is 11.9. The summed E-state index contributed by atoms with van der Waals surface area (Å²) in [7, 11) is 3.07. The largest absolute Gasteiger partial charge is 0.493 e. The second-order valence-corrected chi connectivity index (χ2v) is 3.56. The molecule has 0 aliphatic heterocycles. The standard InChI is InChI=1S/C9H10FIO3/c1-12-8-4-6(14-5-10)3-7(11)9(8)13-2/h3-4H,5H2,1-2H3. The van der Waals surface area contributed by atoms with Gasteiger partial charge in [-0.15, -0.1) is 0 Å². The Balaban J connectivity index is 3.10. The lowest BCUT2D eigenvalue weighted by Gasteiger charge is -2.11. The third-order valence-corrected chi connectivity index (χ3v) is 2.43. The molecule has 0 N–H and O–H groups in total. The van der Waals surface area contributed by atoms with Crippen molar-refractivity contribution >= 4 is 22.6 Å². The zero-order valence-corrected chi connectivity index (χ0v) is 10.00. The van der Waals surface area contributed by atoms with Gasteiger partial charge in [0.25, 0.3) is 0 Å². The first-order valence-corrected chi connectivity index (χ1v) is 4.91. The second kappa shape index (κ2) is 5.23. The molecular weight excluding hydrogens is 302 g/mol. The van der Waals surface area contributed by atoms with Crippen molar-refractivity contribution in [2.24, 2.45) is 0 Å². The maximum absolute atomic E-state index is 11.9. The van der Waals surface area contributed by atoms with Crippen molar-refractivity contribution in [2.75, 3.05) is 21.1 Å². The number of hydrogen-bond donors (Lipinski definition) is 0. The Morgan fingerprint density at radius 3 is 2.50 bits per heavy atom. The molecule has 0 bridgehead atoms. The molecule has 14 heavy (non-hydrogen) atoms. The van der Waals surface area contributed by atoms with Crippen LogP contribution in [0.25, 0.3) is 0 Å². The number of ether oxygens (including phenoxy) is 3. The molecule has 0 amide bonds. The van der Waals surface area contributed by atoms with Crippen molar-refractivity contribution < 1.29 is 18.6 Å². The van der Waals surface area contributed by atoms with E-state index in [9.17, 15) is 4.39 Å². The van der Waals surface area contributed by atoms with Crippen LogP contribution >= 0.6 is 22.6 Å². The Kier molecular flexibility index (Phi) is 4.24. The average molecular weight is 312 g/mol. The molecule has 1 aromatic carbocycles. The minimum Gasteiger partial charge on any atom is -0.493 e. The number of halogens is 2. The van der Waals surface area contributed by atoms with E-state index in [0.29, 0.717) is 17.2 Å². The topological polar surface area (TPSA) is 27.7 Å². The molecule has 1 rings (SSSR count). The predicted octanol–water partition coefficient (Wildman–Crippen LogP) is 2.61. The van der Waals surface area contributed by atoms with E-state index in [1.54, 1.807) is 19.2 Å². The van der Waals surface area contributed by atoms with Crippen molar-refractivity contribution in [3.63, 3.8) is 0 Å². The summed E-state index contributed by atoms with van der Waals surface area (Å²) in [5.41, 5.74) is 0. The molecule has 0 fully saturated rings. The van der Waals surface area contributed by atoms with E-state index in [0.717, 1.165) is 3.57 Å². The molecule has 3 nitrogen and oxygen atoms in total. The molecular formula is C9H10FIO3. The molecule has 0 aromatic heterocycles. The van der Waals surface area contributed by atoms with Crippen LogP contribution in [0.15, 0.2) is 12.1 Å². The third kappa shape index (κ3) is 2.40. The summed E-state index contributed by atoms with van der Waals surface area (Å²) in [5.74, 6) is 1.58. The Labute approximate surface area is 95.3 Å². The molecule has 5 heteroatoms. The van der Waals surface area contributed by atoms with Gasteiger partial charge < -0.3 is 14.2 Å². The fraction of sp³-hybridized carbons (Fsp3) is 0.333. The molecule has 0 spiro atoms. The van der Waals surface area contributed by atoms with Gasteiger partial charge >= 0.3 is 0 Å². The SMILES string of the molecule is COc1cc(OCF)cc(I)c1OC. The summed E-state index contributed by atoms with van der Waals surface area (Å²) in [5, 5.41) is 0. The smallest absolute Gasteiger partial charge is 0.228 e. The summed E-state index contributed by atoms with van der Waals surface area (Å²) < 4.78 is 27.7. The molecule has 0 aliphatic carbocycles. The molecule has 0 saturated carbocycles. The zero-order chi connectivity index (χ0) is 10.6. The number of benzene rings is 1. The Hall–Kier alpha value is -0.720. The number of alkyl halides is 1. The van der Waals surface area contributed by atoms with Crippen molar-refractivity contribution in [1.29, 1.82) is 0 Å². The molecule has 0 atom stereocenters. The van der Waals surface area contributed by atoms with Crippen LogP contribution in [-0.2, 0) is 0 Å². The highest BCUT2D eigenvalue weighted by molar-refractivity contribution is 14.1. The Morgan fingerprint density at radius 1 is 1.29 bits per heavy atom. The monoisotopic (exact) mass is 312 g/mol. The van der Waals surface area contributed by atoms with Gasteiger partial charge in [0.1, 0.15) is 5.75 Å². The van der Waals surface area contributed by atoms with Gasteiger partial charge in [-0.2, -0.15) is 0 Å². The minimum absolute atomic E-state index is 0.426. The first-order chi connectivity index (χ1) is 6.72. The molecule has 1 aromatic rings. The van der Waals surface area contributed by atoms with E-state index in [2.05, 4.69) is 22.6 Å². The summed E-state index contributed by atoms with van der Waals surface area (Å²) in [6.45, 7) is -0.856.